The largest absolute Gasteiger partial charge is 0.497 e. The van der Waals surface area contributed by atoms with Crippen LogP contribution in [0.15, 0.2) is 29.4 Å². The second kappa shape index (κ2) is 8.54. The highest BCUT2D eigenvalue weighted by atomic mass is 32.2. The van der Waals surface area contributed by atoms with E-state index in [0.29, 0.717) is 19.4 Å². The number of rotatable bonds is 7. The molecule has 3 rings (SSSR count). The van der Waals surface area contributed by atoms with Crippen LogP contribution >= 0.6 is 11.8 Å². The van der Waals surface area contributed by atoms with Crippen LogP contribution in [0.4, 0.5) is 0 Å². The van der Waals surface area contributed by atoms with Crippen molar-refractivity contribution in [3.05, 3.63) is 40.3 Å². The van der Waals surface area contributed by atoms with Gasteiger partial charge in [-0.15, -0.1) is 0 Å². The molecule has 0 aliphatic carbocycles. The molecule has 2 fully saturated rings. The molecule has 2 aliphatic rings. The number of benzene rings is 1. The van der Waals surface area contributed by atoms with Crippen molar-refractivity contribution in [3.63, 3.8) is 0 Å². The first kappa shape index (κ1) is 19.4. The van der Waals surface area contributed by atoms with E-state index in [1.807, 2.05) is 29.2 Å². The van der Waals surface area contributed by atoms with E-state index in [1.165, 1.54) is 7.11 Å². The van der Waals surface area contributed by atoms with Crippen molar-refractivity contribution in [2.75, 3.05) is 20.0 Å². The van der Waals surface area contributed by atoms with Crippen molar-refractivity contribution in [1.29, 1.82) is 0 Å². The topological polar surface area (TPSA) is 105 Å². The van der Waals surface area contributed by atoms with Gasteiger partial charge < -0.3 is 14.4 Å². The fourth-order valence-electron chi connectivity index (χ4n) is 3.83. The Morgan fingerprint density at radius 1 is 1.41 bits per heavy atom. The highest BCUT2D eigenvalue weighted by Gasteiger charge is 2.49. The van der Waals surface area contributed by atoms with Crippen molar-refractivity contribution in [2.45, 2.75) is 36.7 Å². The van der Waals surface area contributed by atoms with Gasteiger partial charge in [0.05, 0.1) is 14.2 Å². The van der Waals surface area contributed by atoms with E-state index < -0.39 is 12.0 Å². The Kier molecular flexibility index (Phi) is 6.13. The number of esters is 1. The molecule has 0 saturated carbocycles. The summed E-state index contributed by atoms with van der Waals surface area (Å²) in [7, 11) is 2.90. The normalized spacial score (nSPS) is 24.9. The number of ether oxygens (including phenoxy) is 2. The SMILES string of the molecule is COC(=O)C(C[C@@H]1SC[C@@H]2CC(=O)N(Cc3ccc(OC)cc3)[C@@H]21)N=[N+]=[N-]. The van der Waals surface area contributed by atoms with Gasteiger partial charge in [0.25, 0.3) is 0 Å². The number of methoxy groups -OCH3 is 2. The fourth-order valence-corrected chi connectivity index (χ4v) is 5.52. The van der Waals surface area contributed by atoms with Crippen LogP contribution in [0.3, 0.4) is 0 Å². The van der Waals surface area contributed by atoms with Gasteiger partial charge in [0.15, 0.2) is 0 Å². The molecular formula is C18H22N4O4S. The Balaban J connectivity index is 1.75. The lowest BCUT2D eigenvalue weighted by atomic mass is 9.96. The zero-order valence-corrected chi connectivity index (χ0v) is 16.1. The van der Waals surface area contributed by atoms with Gasteiger partial charge in [-0.05, 0) is 41.3 Å². The van der Waals surface area contributed by atoms with Crippen LogP contribution in [-0.4, -0.2) is 54.1 Å². The van der Waals surface area contributed by atoms with Crippen LogP contribution in [0.25, 0.3) is 10.4 Å². The van der Waals surface area contributed by atoms with Crippen LogP contribution in [0.1, 0.15) is 18.4 Å². The minimum absolute atomic E-state index is 0.0330. The average Bonchev–Trinajstić information content (AvgIpc) is 3.21. The number of azide groups is 1. The van der Waals surface area contributed by atoms with Gasteiger partial charge in [0, 0.05) is 29.2 Å². The Morgan fingerprint density at radius 2 is 2.15 bits per heavy atom. The third-order valence-corrected chi connectivity index (χ3v) is 6.66. The number of amides is 1. The molecule has 144 valence electrons. The molecule has 4 atom stereocenters. The van der Waals surface area contributed by atoms with Crippen LogP contribution in [-0.2, 0) is 20.9 Å². The number of nitrogens with zero attached hydrogens (tertiary/aromatic N) is 4. The number of carbonyl (C=O) groups is 2. The lowest BCUT2D eigenvalue weighted by molar-refractivity contribution is -0.142. The number of likely N-dealkylation sites (tertiary alicyclic amines) is 1. The molecule has 1 aromatic carbocycles. The highest BCUT2D eigenvalue weighted by Crippen LogP contribution is 2.44. The third-order valence-electron chi connectivity index (χ3n) is 5.14. The molecule has 27 heavy (non-hydrogen) atoms. The summed E-state index contributed by atoms with van der Waals surface area (Å²) in [6, 6.07) is 6.83. The summed E-state index contributed by atoms with van der Waals surface area (Å²) in [5.74, 6) is 1.49. The second-order valence-electron chi connectivity index (χ2n) is 6.68. The van der Waals surface area contributed by atoms with Gasteiger partial charge in [-0.2, -0.15) is 11.8 Å². The molecule has 0 N–H and O–H groups in total. The summed E-state index contributed by atoms with van der Waals surface area (Å²) in [6.45, 7) is 0.519. The number of thioether (sulfide) groups is 1. The van der Waals surface area contributed by atoms with Crippen molar-refractivity contribution < 1.29 is 19.1 Å². The minimum Gasteiger partial charge on any atom is -0.497 e. The number of hydrogen-bond donors (Lipinski definition) is 0. The van der Waals surface area contributed by atoms with E-state index in [2.05, 4.69) is 10.0 Å². The predicted octanol–water partition coefficient (Wildman–Crippen LogP) is 2.77. The molecule has 2 heterocycles. The Morgan fingerprint density at radius 3 is 2.78 bits per heavy atom. The third kappa shape index (κ3) is 4.14. The average molecular weight is 390 g/mol. The second-order valence-corrected chi connectivity index (χ2v) is 7.95. The van der Waals surface area contributed by atoms with Gasteiger partial charge >= 0.3 is 5.97 Å². The molecule has 0 bridgehead atoms. The fraction of sp³-hybridized carbons (Fsp3) is 0.556. The molecule has 2 aliphatic heterocycles. The van der Waals surface area contributed by atoms with Crippen LogP contribution in [0.5, 0.6) is 5.75 Å². The quantitative estimate of drug-likeness (QED) is 0.308. The van der Waals surface area contributed by atoms with E-state index in [0.717, 1.165) is 17.1 Å². The molecule has 1 amide bonds. The maximum Gasteiger partial charge on any atom is 0.314 e. The van der Waals surface area contributed by atoms with E-state index in [1.54, 1.807) is 18.9 Å². The Labute approximate surface area is 161 Å². The van der Waals surface area contributed by atoms with E-state index >= 15 is 0 Å². The zero-order valence-electron chi connectivity index (χ0n) is 15.3. The summed E-state index contributed by atoms with van der Waals surface area (Å²) in [5.41, 5.74) is 9.77. The van der Waals surface area contributed by atoms with Crippen molar-refractivity contribution in [2.24, 2.45) is 11.0 Å². The highest BCUT2D eigenvalue weighted by molar-refractivity contribution is 8.00. The Bertz CT molecular complexity index is 750. The van der Waals surface area contributed by atoms with E-state index in [4.69, 9.17) is 15.0 Å². The molecule has 0 spiro atoms. The molecule has 1 unspecified atom stereocenters. The van der Waals surface area contributed by atoms with Crippen molar-refractivity contribution in [1.82, 2.24) is 4.90 Å². The summed E-state index contributed by atoms with van der Waals surface area (Å²) < 4.78 is 9.93. The molecule has 2 saturated heterocycles. The molecular weight excluding hydrogens is 368 g/mol. The minimum atomic E-state index is -0.866. The summed E-state index contributed by atoms with van der Waals surface area (Å²) in [4.78, 5) is 29.1. The smallest absolute Gasteiger partial charge is 0.314 e. The van der Waals surface area contributed by atoms with Crippen molar-refractivity contribution in [3.8, 4) is 5.75 Å². The monoisotopic (exact) mass is 390 g/mol. The zero-order chi connectivity index (χ0) is 19.4. The predicted molar refractivity (Wildman–Crippen MR) is 101 cm³/mol. The van der Waals surface area contributed by atoms with E-state index in [9.17, 15) is 9.59 Å². The number of fused-ring (bicyclic) bond motifs is 1. The molecule has 0 radical (unpaired) electrons. The van der Waals surface area contributed by atoms with Gasteiger partial charge in [0.2, 0.25) is 5.91 Å². The summed E-state index contributed by atoms with van der Waals surface area (Å²) in [6.07, 6.45) is 0.893. The van der Waals surface area contributed by atoms with Gasteiger partial charge in [-0.3, -0.25) is 9.59 Å². The van der Waals surface area contributed by atoms with Gasteiger partial charge in [0.1, 0.15) is 11.8 Å². The lowest BCUT2D eigenvalue weighted by Crippen LogP contribution is -2.41. The first-order chi connectivity index (χ1) is 13.1. The summed E-state index contributed by atoms with van der Waals surface area (Å²) in [5, 5.41) is 3.63. The lowest BCUT2D eigenvalue weighted by Gasteiger charge is -2.30. The first-order valence-electron chi connectivity index (χ1n) is 8.73. The van der Waals surface area contributed by atoms with Crippen LogP contribution in [0.2, 0.25) is 0 Å². The molecule has 1 aromatic rings. The Hall–Kier alpha value is -2.38. The molecule has 8 nitrogen and oxygen atoms in total. The van der Waals surface area contributed by atoms with Gasteiger partial charge in [-0.25, -0.2) is 0 Å². The molecule has 0 aromatic heterocycles. The van der Waals surface area contributed by atoms with E-state index in [-0.39, 0.29) is 23.1 Å². The van der Waals surface area contributed by atoms with Crippen LogP contribution < -0.4 is 4.74 Å². The maximum atomic E-state index is 12.6. The first-order valence-corrected chi connectivity index (χ1v) is 9.78. The number of hydrogen-bond acceptors (Lipinski definition) is 6. The summed E-state index contributed by atoms with van der Waals surface area (Å²) >= 11 is 1.73. The van der Waals surface area contributed by atoms with Crippen LogP contribution in [0, 0.1) is 5.92 Å². The van der Waals surface area contributed by atoms with Gasteiger partial charge in [-0.1, -0.05) is 17.2 Å². The molecule has 9 heteroatoms. The standard InChI is InChI=1S/C18H22N4O4S/c1-25-13-5-3-11(4-6-13)9-22-16(23)7-12-10-27-15(17(12)22)8-14(20-21-19)18(24)26-2/h3-6,12,14-15,17H,7-10H2,1-2H3/t12-,14?,15-,17-/m0/s1. The number of carbonyl (C=O) groups excluding carboxylic acids is 2. The van der Waals surface area contributed by atoms with Crippen molar-refractivity contribution >= 4 is 23.6 Å². The maximum absolute atomic E-state index is 12.6.